The Hall–Kier alpha value is -1.85. The zero-order valence-electron chi connectivity index (χ0n) is 10.1. The molecule has 1 aromatic rings. The molecule has 0 spiro atoms. The first-order valence-electron chi connectivity index (χ1n) is 5.54. The third kappa shape index (κ3) is 3.90. The van der Waals surface area contributed by atoms with Crippen LogP contribution in [0.3, 0.4) is 0 Å². The van der Waals surface area contributed by atoms with Crippen molar-refractivity contribution in [2.45, 2.75) is 39.3 Å². The Balaban J connectivity index is 2.43. The fourth-order valence-corrected chi connectivity index (χ4v) is 1.74. The maximum atomic E-state index is 11.0. The summed E-state index contributed by atoms with van der Waals surface area (Å²) in [4.78, 5) is 21.3. The molecule has 1 rings (SSSR count). The van der Waals surface area contributed by atoms with Crippen LogP contribution in [0.2, 0.25) is 0 Å². The third-order valence-electron chi connectivity index (χ3n) is 2.58. The largest absolute Gasteiger partial charge is 0.368 e. The highest BCUT2D eigenvalue weighted by molar-refractivity contribution is 5.81. The average Bonchev–Trinajstić information content (AvgIpc) is 2.56. The molecular weight excluding hydrogens is 220 g/mol. The van der Waals surface area contributed by atoms with Gasteiger partial charge in [-0.15, -0.1) is 0 Å². The van der Waals surface area contributed by atoms with Gasteiger partial charge in [-0.25, -0.2) is 0 Å². The minimum atomic E-state index is -0.593. The predicted molar refractivity (Wildman–Crippen MR) is 63.1 cm³/mol. The molecule has 0 aliphatic rings. The zero-order chi connectivity index (χ0) is 12.8. The molecule has 0 fully saturated rings. The van der Waals surface area contributed by atoms with E-state index in [0.29, 0.717) is 19.4 Å². The van der Waals surface area contributed by atoms with Crippen molar-refractivity contribution in [3.05, 3.63) is 17.5 Å². The van der Waals surface area contributed by atoms with Crippen LogP contribution in [0.4, 0.5) is 0 Å². The molecule has 6 heteroatoms. The number of carbonyl (C=O) groups excluding carboxylic acids is 2. The van der Waals surface area contributed by atoms with Gasteiger partial charge in [0, 0.05) is 12.2 Å². The van der Waals surface area contributed by atoms with Gasteiger partial charge >= 0.3 is 0 Å². The predicted octanol–water partition coefficient (Wildman–Crippen LogP) is -0.120. The minimum Gasteiger partial charge on any atom is -0.368 e. The van der Waals surface area contributed by atoms with Gasteiger partial charge in [0.15, 0.2) is 0 Å². The van der Waals surface area contributed by atoms with Crippen LogP contribution in [0.25, 0.3) is 0 Å². The van der Waals surface area contributed by atoms with Crippen LogP contribution in [-0.2, 0) is 16.1 Å². The number of hydrogen-bond acceptors (Lipinski definition) is 3. The highest BCUT2D eigenvalue weighted by Gasteiger charge is 2.13. The Labute approximate surface area is 100 Å². The van der Waals surface area contributed by atoms with Crippen LogP contribution in [-0.4, -0.2) is 28.1 Å². The number of aryl methyl sites for hydroxylation is 3. The minimum absolute atomic E-state index is 0.499. The molecule has 0 aromatic carbocycles. The second-order valence-corrected chi connectivity index (χ2v) is 4.03. The van der Waals surface area contributed by atoms with E-state index in [1.807, 2.05) is 24.6 Å². The normalized spacial score (nSPS) is 12.1. The quantitative estimate of drug-likeness (QED) is 0.649. The number of amides is 2. The molecule has 1 atom stereocenters. The van der Waals surface area contributed by atoms with E-state index >= 15 is 0 Å². The number of carbonyl (C=O) groups is 2. The van der Waals surface area contributed by atoms with Crippen LogP contribution in [0.1, 0.15) is 24.2 Å². The molecule has 1 aromatic heterocycles. The first kappa shape index (κ1) is 13.2. The van der Waals surface area contributed by atoms with E-state index in [1.165, 1.54) is 0 Å². The summed E-state index contributed by atoms with van der Waals surface area (Å²) in [5, 5.41) is 6.71. The van der Waals surface area contributed by atoms with Crippen molar-refractivity contribution in [2.24, 2.45) is 5.73 Å². The Bertz CT molecular complexity index is 400. The second kappa shape index (κ2) is 6.03. The lowest BCUT2D eigenvalue weighted by molar-refractivity contribution is -0.122. The molecule has 1 unspecified atom stereocenters. The molecule has 0 radical (unpaired) electrons. The lowest BCUT2D eigenvalue weighted by Gasteiger charge is -2.12. The Morgan fingerprint density at radius 1 is 1.65 bits per heavy atom. The number of aromatic nitrogens is 2. The van der Waals surface area contributed by atoms with Gasteiger partial charge in [0.2, 0.25) is 12.3 Å². The first-order valence-corrected chi connectivity index (χ1v) is 5.54. The van der Waals surface area contributed by atoms with Gasteiger partial charge < -0.3 is 11.1 Å². The lowest BCUT2D eigenvalue weighted by atomic mass is 10.1. The molecule has 0 aliphatic carbocycles. The number of nitrogens with one attached hydrogen (secondary N) is 1. The summed E-state index contributed by atoms with van der Waals surface area (Å²) in [6, 6.07) is 1.40. The number of rotatable bonds is 7. The molecule has 3 N–H and O–H groups in total. The fraction of sp³-hybridized carbons (Fsp3) is 0.545. The number of hydrogen-bond donors (Lipinski definition) is 2. The molecular formula is C11H18N4O2. The van der Waals surface area contributed by atoms with Crippen LogP contribution in [0.5, 0.6) is 0 Å². The Kier molecular flexibility index (Phi) is 4.68. The van der Waals surface area contributed by atoms with Crippen molar-refractivity contribution in [3.8, 4) is 0 Å². The average molecular weight is 238 g/mol. The van der Waals surface area contributed by atoms with Gasteiger partial charge in [0.1, 0.15) is 6.04 Å². The second-order valence-electron chi connectivity index (χ2n) is 4.03. The van der Waals surface area contributed by atoms with Gasteiger partial charge in [-0.3, -0.25) is 14.3 Å². The smallest absolute Gasteiger partial charge is 0.239 e. The molecule has 94 valence electrons. The van der Waals surface area contributed by atoms with Crippen molar-refractivity contribution in [1.29, 1.82) is 0 Å². The van der Waals surface area contributed by atoms with E-state index < -0.39 is 11.9 Å². The summed E-state index contributed by atoms with van der Waals surface area (Å²) in [7, 11) is 0. The zero-order valence-corrected chi connectivity index (χ0v) is 10.1. The standard InChI is InChI=1S/C11H18N4O2/c1-8-6-9(2)15(14-8)5-3-4-10(11(12)17)13-7-16/h6-7,10H,3-5H2,1-2H3,(H2,12,17)(H,13,16). The third-order valence-corrected chi connectivity index (χ3v) is 2.58. The monoisotopic (exact) mass is 238 g/mol. The Morgan fingerprint density at radius 3 is 2.82 bits per heavy atom. The Morgan fingerprint density at radius 2 is 2.35 bits per heavy atom. The first-order chi connectivity index (χ1) is 8.04. The van der Waals surface area contributed by atoms with Crippen molar-refractivity contribution in [3.63, 3.8) is 0 Å². The molecule has 0 saturated carbocycles. The van der Waals surface area contributed by atoms with Crippen LogP contribution >= 0.6 is 0 Å². The van der Waals surface area contributed by atoms with Gasteiger partial charge in [-0.2, -0.15) is 5.10 Å². The maximum absolute atomic E-state index is 11.0. The highest BCUT2D eigenvalue weighted by atomic mass is 16.2. The number of primary amides is 1. The summed E-state index contributed by atoms with van der Waals surface area (Å²) in [5.41, 5.74) is 7.21. The topological polar surface area (TPSA) is 90.0 Å². The molecule has 17 heavy (non-hydrogen) atoms. The SMILES string of the molecule is Cc1cc(C)n(CCCC(NC=O)C(N)=O)n1. The van der Waals surface area contributed by atoms with E-state index in [2.05, 4.69) is 10.4 Å². The highest BCUT2D eigenvalue weighted by Crippen LogP contribution is 2.05. The number of nitrogens with two attached hydrogens (primary N) is 1. The van der Waals surface area contributed by atoms with Crippen LogP contribution < -0.4 is 11.1 Å². The van der Waals surface area contributed by atoms with Crippen LogP contribution in [0.15, 0.2) is 6.07 Å². The number of nitrogens with zero attached hydrogens (tertiary/aromatic N) is 2. The molecule has 6 nitrogen and oxygen atoms in total. The van der Waals surface area contributed by atoms with Gasteiger partial charge in [-0.1, -0.05) is 0 Å². The summed E-state index contributed by atoms with van der Waals surface area (Å²) < 4.78 is 1.88. The van der Waals surface area contributed by atoms with E-state index in [9.17, 15) is 9.59 Å². The van der Waals surface area contributed by atoms with E-state index in [4.69, 9.17) is 5.73 Å². The summed E-state index contributed by atoms with van der Waals surface area (Å²) in [5.74, 6) is -0.509. The van der Waals surface area contributed by atoms with Gasteiger partial charge in [0.25, 0.3) is 0 Å². The molecule has 0 bridgehead atoms. The van der Waals surface area contributed by atoms with Crippen molar-refractivity contribution < 1.29 is 9.59 Å². The molecule has 1 heterocycles. The van der Waals surface area contributed by atoms with Gasteiger partial charge in [-0.05, 0) is 32.8 Å². The summed E-state index contributed by atoms with van der Waals surface area (Å²) >= 11 is 0. The van der Waals surface area contributed by atoms with E-state index in [-0.39, 0.29) is 0 Å². The van der Waals surface area contributed by atoms with E-state index in [1.54, 1.807) is 0 Å². The van der Waals surface area contributed by atoms with Crippen molar-refractivity contribution in [1.82, 2.24) is 15.1 Å². The maximum Gasteiger partial charge on any atom is 0.239 e. The molecule has 0 saturated heterocycles. The van der Waals surface area contributed by atoms with Crippen molar-refractivity contribution >= 4 is 12.3 Å². The lowest BCUT2D eigenvalue weighted by Crippen LogP contribution is -2.40. The molecule has 2 amide bonds. The van der Waals surface area contributed by atoms with Crippen LogP contribution in [0, 0.1) is 13.8 Å². The van der Waals surface area contributed by atoms with Crippen molar-refractivity contribution in [2.75, 3.05) is 0 Å². The molecule has 0 aliphatic heterocycles. The fourth-order valence-electron chi connectivity index (χ4n) is 1.74. The summed E-state index contributed by atoms with van der Waals surface area (Å²) in [6.07, 6.45) is 1.75. The van der Waals surface area contributed by atoms with E-state index in [0.717, 1.165) is 17.8 Å². The summed E-state index contributed by atoms with van der Waals surface area (Å²) in [6.45, 7) is 4.63. The van der Waals surface area contributed by atoms with Gasteiger partial charge in [0.05, 0.1) is 5.69 Å².